The summed E-state index contributed by atoms with van der Waals surface area (Å²) in [7, 11) is -0.607. The molecule has 0 heterocycles. The fraction of sp³-hybridized carbons (Fsp3) is 0.263. The van der Waals surface area contributed by atoms with Crippen molar-refractivity contribution in [2.45, 2.75) is 18.7 Å². The van der Waals surface area contributed by atoms with E-state index < -0.39 is 10.1 Å². The van der Waals surface area contributed by atoms with Gasteiger partial charge in [0, 0.05) is 5.56 Å². The highest BCUT2D eigenvalue weighted by molar-refractivity contribution is 7.85. The Labute approximate surface area is 158 Å². The Balaban J connectivity index is 0.000000289. The molecule has 0 bridgehead atoms. The first-order valence-corrected chi connectivity index (χ1v) is 9.36. The molecular formula is C19H22FNO5S. The summed E-state index contributed by atoms with van der Waals surface area (Å²) in [5.74, 6) is 0.144. The van der Waals surface area contributed by atoms with Gasteiger partial charge in [-0.25, -0.2) is 17.4 Å². The fourth-order valence-corrected chi connectivity index (χ4v) is 2.19. The molecule has 0 amide bonds. The minimum absolute atomic E-state index is 0.0321. The molecule has 6 nitrogen and oxygen atoms in total. The Kier molecular flexibility index (Phi) is 8.27. The highest BCUT2D eigenvalue weighted by Gasteiger charge is 2.09. The number of carbonyl (C=O) groups excluding carboxylic acids is 1. The van der Waals surface area contributed by atoms with Crippen LogP contribution in [0.3, 0.4) is 0 Å². The number of ether oxygens (including phenoxy) is 1. The van der Waals surface area contributed by atoms with E-state index in [1.807, 2.05) is 21.0 Å². The molecule has 0 aliphatic carbocycles. The summed E-state index contributed by atoms with van der Waals surface area (Å²) in [4.78, 5) is 11.4. The molecule has 0 N–H and O–H groups in total. The van der Waals surface area contributed by atoms with E-state index in [4.69, 9.17) is 4.74 Å². The minimum Gasteiger partial charge on any atom is -0.744 e. The van der Waals surface area contributed by atoms with Crippen LogP contribution in [0, 0.1) is 12.7 Å². The van der Waals surface area contributed by atoms with Crippen LogP contribution in [0.2, 0.25) is 0 Å². The number of aryl methyl sites for hydroxylation is 1. The van der Waals surface area contributed by atoms with Crippen molar-refractivity contribution in [1.82, 2.24) is 0 Å². The predicted octanol–water partition coefficient (Wildman–Crippen LogP) is 2.61. The lowest BCUT2D eigenvalue weighted by atomic mass is 10.1. The number of halogens is 1. The lowest BCUT2D eigenvalue weighted by Gasteiger charge is -2.05. The van der Waals surface area contributed by atoms with Crippen LogP contribution in [0.15, 0.2) is 53.4 Å². The average molecular weight is 395 g/mol. The van der Waals surface area contributed by atoms with Gasteiger partial charge < -0.3 is 9.29 Å². The Hall–Kier alpha value is -2.58. The predicted molar refractivity (Wildman–Crippen MR) is 98.6 cm³/mol. The summed E-state index contributed by atoms with van der Waals surface area (Å²) in [6.45, 7) is 3.56. The van der Waals surface area contributed by atoms with Gasteiger partial charge in [0.25, 0.3) is 0 Å². The molecule has 0 atom stereocenters. The number of hydrogen-bond donors (Lipinski definition) is 0. The number of hydrogen-bond acceptors (Lipinski definition) is 5. The molecule has 146 valence electrons. The molecule has 2 aromatic rings. The Bertz CT molecular complexity index is 900. The molecule has 0 unspecified atom stereocenters. The maximum Gasteiger partial charge on any atom is 0.333 e. The molecule has 0 saturated carbocycles. The van der Waals surface area contributed by atoms with Crippen molar-refractivity contribution in [3.8, 4) is 0 Å². The fourth-order valence-electron chi connectivity index (χ4n) is 1.72. The summed E-state index contributed by atoms with van der Waals surface area (Å²) in [6.07, 6.45) is 0. The topological polar surface area (TPSA) is 86.5 Å². The minimum atomic E-state index is -4.27. The third kappa shape index (κ3) is 8.10. The van der Waals surface area contributed by atoms with E-state index in [2.05, 4.69) is 0 Å². The Morgan fingerprint density at radius 2 is 1.59 bits per heavy atom. The second-order valence-electron chi connectivity index (χ2n) is 5.90. The van der Waals surface area contributed by atoms with Crippen molar-refractivity contribution in [2.75, 3.05) is 20.7 Å². The summed E-state index contributed by atoms with van der Waals surface area (Å²) >= 11 is 0. The largest absolute Gasteiger partial charge is 0.744 e. The average Bonchev–Trinajstić information content (AvgIpc) is 2.60. The van der Waals surface area contributed by atoms with Crippen LogP contribution in [-0.4, -0.2) is 49.9 Å². The lowest BCUT2D eigenvalue weighted by molar-refractivity contribution is -0.474. The van der Waals surface area contributed by atoms with Crippen LogP contribution in [0.25, 0.3) is 0 Å². The van der Waals surface area contributed by atoms with Crippen LogP contribution in [0.4, 0.5) is 4.39 Å². The van der Waals surface area contributed by atoms with Gasteiger partial charge in [0.2, 0.25) is 0 Å². The zero-order chi connectivity index (χ0) is 20.6. The number of benzene rings is 2. The first-order chi connectivity index (χ1) is 12.5. The summed E-state index contributed by atoms with van der Waals surface area (Å²) < 4.78 is 50.8. The maximum atomic E-state index is 12.6. The normalized spacial score (nSPS) is 10.4. The molecule has 0 fully saturated rings. The van der Waals surface area contributed by atoms with Crippen molar-refractivity contribution in [3.05, 3.63) is 65.5 Å². The van der Waals surface area contributed by atoms with Gasteiger partial charge in [-0.15, -0.1) is 0 Å². The third-order valence-corrected chi connectivity index (χ3v) is 4.37. The molecule has 0 aliphatic heterocycles. The zero-order valence-corrected chi connectivity index (χ0v) is 16.4. The molecule has 0 saturated heterocycles. The van der Waals surface area contributed by atoms with Crippen LogP contribution in [0.5, 0.6) is 0 Å². The SMILES string of the molecule is CC(OCC(=O)c1ccc(F)cc1)=[N+](C)C.Cc1ccc(S(=O)(=O)[O-])cc1. The van der Waals surface area contributed by atoms with Crippen LogP contribution in [-0.2, 0) is 14.9 Å². The molecule has 0 aromatic heterocycles. The van der Waals surface area contributed by atoms with Gasteiger partial charge in [0.05, 0.1) is 11.8 Å². The van der Waals surface area contributed by atoms with Crippen LogP contribution in [0.1, 0.15) is 22.8 Å². The molecule has 0 radical (unpaired) electrons. The first kappa shape index (κ1) is 22.5. The van der Waals surface area contributed by atoms with Gasteiger partial charge in [-0.05, 0) is 43.3 Å². The number of ketones is 1. The van der Waals surface area contributed by atoms with E-state index in [9.17, 15) is 22.2 Å². The lowest BCUT2D eigenvalue weighted by Crippen LogP contribution is -2.18. The van der Waals surface area contributed by atoms with Crippen LogP contribution >= 0.6 is 0 Å². The number of Topliss-reactive ketones (excluding diaryl/α,β-unsaturated/α-hetero) is 1. The Morgan fingerprint density at radius 3 is 2.04 bits per heavy atom. The molecule has 2 aromatic carbocycles. The number of rotatable bonds is 4. The van der Waals surface area contributed by atoms with Crippen molar-refractivity contribution in [2.24, 2.45) is 0 Å². The quantitative estimate of drug-likeness (QED) is 0.261. The number of nitrogens with zero attached hydrogens (tertiary/aromatic N) is 1. The number of carbonyl (C=O) groups is 1. The molecule has 0 spiro atoms. The molecule has 2 rings (SSSR count). The van der Waals surface area contributed by atoms with E-state index in [1.165, 1.54) is 36.4 Å². The van der Waals surface area contributed by atoms with E-state index >= 15 is 0 Å². The van der Waals surface area contributed by atoms with Gasteiger partial charge in [0.1, 0.15) is 30.0 Å². The molecule has 0 aliphatic rings. The van der Waals surface area contributed by atoms with Crippen molar-refractivity contribution < 1.29 is 31.5 Å². The summed E-state index contributed by atoms with van der Waals surface area (Å²) in [6, 6.07) is 11.2. The smallest absolute Gasteiger partial charge is 0.333 e. The third-order valence-electron chi connectivity index (χ3n) is 3.52. The van der Waals surface area contributed by atoms with E-state index in [-0.39, 0.29) is 23.1 Å². The van der Waals surface area contributed by atoms with Crippen molar-refractivity contribution >= 4 is 21.8 Å². The van der Waals surface area contributed by atoms with E-state index in [1.54, 1.807) is 23.6 Å². The van der Waals surface area contributed by atoms with Gasteiger partial charge in [-0.2, -0.15) is 0 Å². The zero-order valence-electron chi connectivity index (χ0n) is 15.6. The molecular weight excluding hydrogens is 373 g/mol. The van der Waals surface area contributed by atoms with E-state index in [0.717, 1.165) is 5.56 Å². The standard InChI is InChI=1S/C12H15FNO2.C7H8O3S/c1-9(14(2)3)16-8-12(15)10-4-6-11(13)7-5-10;1-6-2-4-7(5-3-6)11(8,9)10/h4-7H,8H2,1-3H3;2-5H,1H3,(H,8,9,10)/q+1;/p-1. The monoisotopic (exact) mass is 395 g/mol. The van der Waals surface area contributed by atoms with Gasteiger partial charge in [-0.3, -0.25) is 4.79 Å². The highest BCUT2D eigenvalue weighted by atomic mass is 32.2. The van der Waals surface area contributed by atoms with Gasteiger partial charge in [-0.1, -0.05) is 17.7 Å². The molecule has 27 heavy (non-hydrogen) atoms. The maximum absolute atomic E-state index is 12.6. The first-order valence-electron chi connectivity index (χ1n) is 7.95. The van der Waals surface area contributed by atoms with Crippen molar-refractivity contribution in [1.29, 1.82) is 0 Å². The summed E-state index contributed by atoms with van der Waals surface area (Å²) in [5.41, 5.74) is 1.38. The Morgan fingerprint density at radius 1 is 1.07 bits per heavy atom. The van der Waals surface area contributed by atoms with E-state index in [0.29, 0.717) is 11.5 Å². The van der Waals surface area contributed by atoms with Gasteiger partial charge in [0.15, 0.2) is 12.4 Å². The van der Waals surface area contributed by atoms with Crippen LogP contribution < -0.4 is 0 Å². The summed E-state index contributed by atoms with van der Waals surface area (Å²) in [5, 5.41) is 0. The second kappa shape index (κ2) is 9.94. The molecule has 8 heteroatoms. The van der Waals surface area contributed by atoms with Gasteiger partial charge >= 0.3 is 5.90 Å². The second-order valence-corrected chi connectivity index (χ2v) is 7.28. The highest BCUT2D eigenvalue weighted by Crippen LogP contribution is 2.08. The van der Waals surface area contributed by atoms with Crippen molar-refractivity contribution in [3.63, 3.8) is 0 Å².